The highest BCUT2D eigenvalue weighted by Gasteiger charge is 2.37. The van der Waals surface area contributed by atoms with Gasteiger partial charge in [-0.3, -0.25) is 9.59 Å². The molecule has 2 amide bonds. The summed E-state index contributed by atoms with van der Waals surface area (Å²) >= 11 is 0. The molecule has 0 aliphatic carbocycles. The molecule has 3 heterocycles. The Morgan fingerprint density at radius 3 is 2.48 bits per heavy atom. The summed E-state index contributed by atoms with van der Waals surface area (Å²) in [4.78, 5) is 30.9. The van der Waals surface area contributed by atoms with Crippen LogP contribution in [0.5, 0.6) is 0 Å². The van der Waals surface area contributed by atoms with Crippen LogP contribution in [0.15, 0.2) is 24.3 Å². The molecule has 0 aromatic heterocycles. The Morgan fingerprint density at radius 1 is 1.00 bits per heavy atom. The molecule has 0 N–H and O–H groups in total. The van der Waals surface area contributed by atoms with Gasteiger partial charge in [0.05, 0.1) is 0 Å². The smallest absolute Gasteiger partial charge is 0.254 e. The van der Waals surface area contributed by atoms with Crippen molar-refractivity contribution in [3.05, 3.63) is 29.8 Å². The minimum Gasteiger partial charge on any atom is -0.372 e. The molecule has 5 heteroatoms. The summed E-state index contributed by atoms with van der Waals surface area (Å²) in [5, 5.41) is 0. The maximum Gasteiger partial charge on any atom is 0.254 e. The van der Waals surface area contributed by atoms with E-state index < -0.39 is 0 Å². The Kier molecular flexibility index (Phi) is 3.71. The Labute approximate surface area is 136 Å². The second kappa shape index (κ2) is 5.87. The van der Waals surface area contributed by atoms with Gasteiger partial charge < -0.3 is 14.7 Å². The van der Waals surface area contributed by atoms with Gasteiger partial charge in [0.1, 0.15) is 6.54 Å². The van der Waals surface area contributed by atoms with Crippen molar-refractivity contribution < 1.29 is 9.59 Å². The third-order valence-corrected chi connectivity index (χ3v) is 5.33. The second-order valence-electron chi connectivity index (χ2n) is 6.81. The molecular formula is C18H23N3O2. The lowest BCUT2D eigenvalue weighted by Crippen LogP contribution is -2.55. The number of anilines is 1. The zero-order valence-electron chi connectivity index (χ0n) is 13.4. The van der Waals surface area contributed by atoms with Gasteiger partial charge >= 0.3 is 0 Å². The minimum atomic E-state index is -0.0159. The minimum absolute atomic E-state index is 0.0159. The molecule has 1 atom stereocenters. The number of amides is 2. The Hall–Kier alpha value is -2.04. The summed E-state index contributed by atoms with van der Waals surface area (Å²) in [6, 6.07) is 8.10. The van der Waals surface area contributed by atoms with E-state index in [1.54, 1.807) is 4.90 Å². The quantitative estimate of drug-likeness (QED) is 0.835. The molecule has 3 fully saturated rings. The van der Waals surface area contributed by atoms with E-state index in [1.807, 2.05) is 29.2 Å². The molecule has 1 unspecified atom stereocenters. The molecule has 3 aliphatic rings. The van der Waals surface area contributed by atoms with Crippen molar-refractivity contribution in [2.75, 3.05) is 37.6 Å². The zero-order chi connectivity index (χ0) is 15.8. The number of fused-ring (bicyclic) bond motifs is 1. The zero-order valence-corrected chi connectivity index (χ0v) is 13.4. The highest BCUT2D eigenvalue weighted by atomic mass is 16.2. The fourth-order valence-electron chi connectivity index (χ4n) is 4.05. The van der Waals surface area contributed by atoms with Crippen LogP contribution in [0.1, 0.15) is 36.0 Å². The molecule has 1 aromatic rings. The molecular weight excluding hydrogens is 290 g/mol. The molecule has 3 saturated heterocycles. The molecule has 1 aromatic carbocycles. The van der Waals surface area contributed by atoms with E-state index in [2.05, 4.69) is 4.90 Å². The van der Waals surface area contributed by atoms with Crippen LogP contribution in [-0.2, 0) is 4.79 Å². The summed E-state index contributed by atoms with van der Waals surface area (Å²) in [6.45, 7) is 3.97. The first-order valence-electron chi connectivity index (χ1n) is 8.66. The van der Waals surface area contributed by atoms with Crippen molar-refractivity contribution in [3.8, 4) is 0 Å². The molecule has 5 nitrogen and oxygen atoms in total. The van der Waals surface area contributed by atoms with Crippen molar-refractivity contribution >= 4 is 17.5 Å². The first-order chi connectivity index (χ1) is 11.2. The topological polar surface area (TPSA) is 43.9 Å². The monoisotopic (exact) mass is 313 g/mol. The summed E-state index contributed by atoms with van der Waals surface area (Å²) in [6.07, 6.45) is 4.56. The Bertz CT molecular complexity index is 607. The predicted octanol–water partition coefficient (Wildman–Crippen LogP) is 1.73. The average molecular weight is 313 g/mol. The number of carbonyl (C=O) groups excluding carboxylic acids is 2. The van der Waals surface area contributed by atoms with Gasteiger partial charge in [0, 0.05) is 43.5 Å². The van der Waals surface area contributed by atoms with Crippen LogP contribution in [0, 0.1) is 0 Å². The normalized spacial score (nSPS) is 24.3. The maximum absolute atomic E-state index is 12.7. The first kappa shape index (κ1) is 14.5. The van der Waals surface area contributed by atoms with E-state index in [4.69, 9.17) is 0 Å². The van der Waals surface area contributed by atoms with Gasteiger partial charge in [0.2, 0.25) is 5.91 Å². The van der Waals surface area contributed by atoms with Crippen molar-refractivity contribution in [3.63, 3.8) is 0 Å². The number of nitrogens with zero attached hydrogens (tertiary/aromatic N) is 3. The van der Waals surface area contributed by atoms with E-state index in [-0.39, 0.29) is 24.4 Å². The van der Waals surface area contributed by atoms with Crippen LogP contribution in [0.3, 0.4) is 0 Å². The van der Waals surface area contributed by atoms with Gasteiger partial charge in [-0.05, 0) is 49.9 Å². The molecule has 3 aliphatic heterocycles. The van der Waals surface area contributed by atoms with Crippen LogP contribution in [0.4, 0.5) is 5.69 Å². The Balaban J connectivity index is 1.47. The number of hydrogen-bond acceptors (Lipinski definition) is 3. The van der Waals surface area contributed by atoms with E-state index in [0.717, 1.165) is 32.5 Å². The SMILES string of the molecule is O=C(c1ccc(N2CCCC2)cc1)N1CC(=O)N2CCCC2C1. The number of rotatable bonds is 2. The van der Waals surface area contributed by atoms with Crippen molar-refractivity contribution in [1.29, 1.82) is 0 Å². The number of carbonyl (C=O) groups is 2. The summed E-state index contributed by atoms with van der Waals surface area (Å²) in [7, 11) is 0. The largest absolute Gasteiger partial charge is 0.372 e. The van der Waals surface area contributed by atoms with Crippen LogP contribution in [0.2, 0.25) is 0 Å². The van der Waals surface area contributed by atoms with Crippen molar-refractivity contribution in [2.45, 2.75) is 31.7 Å². The molecule has 0 radical (unpaired) electrons. The fourth-order valence-corrected chi connectivity index (χ4v) is 4.05. The maximum atomic E-state index is 12.7. The van der Waals surface area contributed by atoms with Crippen LogP contribution < -0.4 is 4.90 Å². The third-order valence-electron chi connectivity index (χ3n) is 5.33. The van der Waals surface area contributed by atoms with Gasteiger partial charge in [-0.1, -0.05) is 0 Å². The van der Waals surface area contributed by atoms with E-state index in [9.17, 15) is 9.59 Å². The number of piperazine rings is 1. The van der Waals surface area contributed by atoms with Gasteiger partial charge in [-0.15, -0.1) is 0 Å². The first-order valence-corrected chi connectivity index (χ1v) is 8.66. The molecule has 0 saturated carbocycles. The predicted molar refractivity (Wildman–Crippen MR) is 88.5 cm³/mol. The fraction of sp³-hybridized carbons (Fsp3) is 0.556. The van der Waals surface area contributed by atoms with E-state index in [0.29, 0.717) is 12.1 Å². The van der Waals surface area contributed by atoms with E-state index in [1.165, 1.54) is 18.5 Å². The highest BCUT2D eigenvalue weighted by molar-refractivity contribution is 5.97. The second-order valence-corrected chi connectivity index (χ2v) is 6.81. The van der Waals surface area contributed by atoms with Gasteiger partial charge in [0.25, 0.3) is 5.91 Å². The summed E-state index contributed by atoms with van der Waals surface area (Å²) in [5.74, 6) is 0.0821. The van der Waals surface area contributed by atoms with Gasteiger partial charge in [0.15, 0.2) is 0 Å². The average Bonchev–Trinajstić information content (AvgIpc) is 3.26. The molecule has 0 spiro atoms. The standard InChI is InChI=1S/C18H23N3O2/c22-17-13-20(12-16-4-3-11-21(16)17)18(23)14-5-7-15(8-6-14)19-9-1-2-10-19/h5-8,16H,1-4,9-13H2. The molecule has 4 rings (SSSR count). The molecule has 0 bridgehead atoms. The highest BCUT2D eigenvalue weighted by Crippen LogP contribution is 2.25. The lowest BCUT2D eigenvalue weighted by molar-refractivity contribution is -0.136. The third kappa shape index (κ3) is 2.69. The van der Waals surface area contributed by atoms with Crippen molar-refractivity contribution in [1.82, 2.24) is 9.80 Å². The van der Waals surface area contributed by atoms with Gasteiger partial charge in [-0.2, -0.15) is 0 Å². The number of hydrogen-bond donors (Lipinski definition) is 0. The summed E-state index contributed by atoms with van der Waals surface area (Å²) in [5.41, 5.74) is 1.88. The molecule has 23 heavy (non-hydrogen) atoms. The van der Waals surface area contributed by atoms with Crippen molar-refractivity contribution in [2.24, 2.45) is 0 Å². The molecule has 122 valence electrons. The van der Waals surface area contributed by atoms with Crippen LogP contribution in [0.25, 0.3) is 0 Å². The van der Waals surface area contributed by atoms with E-state index >= 15 is 0 Å². The summed E-state index contributed by atoms with van der Waals surface area (Å²) < 4.78 is 0. The lowest BCUT2D eigenvalue weighted by atomic mass is 10.1. The Morgan fingerprint density at radius 2 is 1.74 bits per heavy atom. The van der Waals surface area contributed by atoms with Crippen LogP contribution >= 0.6 is 0 Å². The lowest BCUT2D eigenvalue weighted by Gasteiger charge is -2.37. The van der Waals surface area contributed by atoms with Gasteiger partial charge in [-0.25, -0.2) is 0 Å². The number of benzene rings is 1. The van der Waals surface area contributed by atoms with Crippen LogP contribution in [-0.4, -0.2) is 60.4 Å².